The number of thiophene rings is 1. The molecule has 0 aliphatic carbocycles. The van der Waals surface area contributed by atoms with Crippen molar-refractivity contribution in [2.24, 2.45) is 0 Å². The zero-order valence-electron chi connectivity index (χ0n) is 10.7. The molecule has 3 amide bonds. The lowest BCUT2D eigenvalue weighted by Crippen LogP contribution is -2.41. The average molecular weight is 318 g/mol. The van der Waals surface area contributed by atoms with Crippen molar-refractivity contribution in [3.8, 4) is 0 Å². The van der Waals surface area contributed by atoms with Gasteiger partial charge in [-0.3, -0.25) is 10.1 Å². The number of carbonyl (C=O) groups is 3. The molecule has 0 spiro atoms. The summed E-state index contributed by atoms with van der Waals surface area (Å²) >= 11 is 2.26. The fourth-order valence-electron chi connectivity index (χ4n) is 1.13. The summed E-state index contributed by atoms with van der Waals surface area (Å²) in [5, 5.41) is 15.0. The fourth-order valence-corrected chi connectivity index (χ4v) is 2.80. The summed E-state index contributed by atoms with van der Waals surface area (Å²) in [5.74, 6) is -1.41. The maximum Gasteiger partial charge on any atom is 0.345 e. The molecule has 110 valence electrons. The molecule has 1 aromatic rings. The Hall–Kier alpha value is -1.58. The van der Waals surface area contributed by atoms with Crippen LogP contribution in [0.15, 0.2) is 16.3 Å². The van der Waals surface area contributed by atoms with Crippen LogP contribution in [0.1, 0.15) is 9.67 Å². The Bertz CT molecular complexity index is 489. The summed E-state index contributed by atoms with van der Waals surface area (Å²) in [6.45, 7) is 0.679. The number of nitrogens with one attached hydrogen (secondary N) is 2. The zero-order valence-corrected chi connectivity index (χ0v) is 12.3. The second-order valence-electron chi connectivity index (χ2n) is 3.54. The van der Waals surface area contributed by atoms with E-state index >= 15 is 0 Å². The number of rotatable bonds is 7. The predicted octanol–water partition coefficient (Wildman–Crippen LogP) is 1.01. The van der Waals surface area contributed by atoms with Gasteiger partial charge in [0.2, 0.25) is 5.91 Å². The number of imide groups is 1. The molecular formula is C11H14N2O5S2. The van der Waals surface area contributed by atoms with Crippen LogP contribution in [0.5, 0.6) is 0 Å². The SMILES string of the molecule is COCCNC(=O)NC(=O)CSc1csc(C(=O)O)c1. The Morgan fingerprint density at radius 1 is 1.45 bits per heavy atom. The summed E-state index contributed by atoms with van der Waals surface area (Å²) in [7, 11) is 1.51. The topological polar surface area (TPSA) is 105 Å². The van der Waals surface area contributed by atoms with Gasteiger partial charge in [0.25, 0.3) is 0 Å². The van der Waals surface area contributed by atoms with E-state index in [1.807, 2.05) is 0 Å². The normalized spacial score (nSPS) is 10.1. The third-order valence-corrected chi connectivity index (χ3v) is 4.04. The van der Waals surface area contributed by atoms with Crippen LogP contribution in [0.2, 0.25) is 0 Å². The van der Waals surface area contributed by atoms with Crippen LogP contribution in [0.4, 0.5) is 4.79 Å². The Balaban J connectivity index is 2.28. The molecule has 0 bridgehead atoms. The minimum Gasteiger partial charge on any atom is -0.477 e. The molecule has 9 heteroatoms. The van der Waals surface area contributed by atoms with E-state index < -0.39 is 17.9 Å². The average Bonchev–Trinajstić information content (AvgIpc) is 2.85. The quantitative estimate of drug-likeness (QED) is 0.512. The molecule has 7 nitrogen and oxygen atoms in total. The van der Waals surface area contributed by atoms with Gasteiger partial charge in [-0.15, -0.1) is 23.1 Å². The first-order chi connectivity index (χ1) is 9.52. The molecule has 0 saturated heterocycles. The van der Waals surface area contributed by atoms with Crippen LogP contribution in [0, 0.1) is 0 Å². The van der Waals surface area contributed by atoms with Crippen LogP contribution in [0.3, 0.4) is 0 Å². The molecule has 1 heterocycles. The van der Waals surface area contributed by atoms with E-state index in [2.05, 4.69) is 10.6 Å². The lowest BCUT2D eigenvalue weighted by Gasteiger charge is -2.05. The summed E-state index contributed by atoms with van der Waals surface area (Å²) < 4.78 is 4.75. The van der Waals surface area contributed by atoms with Gasteiger partial charge < -0.3 is 15.2 Å². The second-order valence-corrected chi connectivity index (χ2v) is 5.50. The number of thioether (sulfide) groups is 1. The van der Waals surface area contributed by atoms with Gasteiger partial charge in [-0.1, -0.05) is 0 Å². The van der Waals surface area contributed by atoms with E-state index in [0.717, 1.165) is 11.3 Å². The van der Waals surface area contributed by atoms with E-state index in [0.29, 0.717) is 18.0 Å². The zero-order chi connectivity index (χ0) is 15.0. The summed E-state index contributed by atoms with van der Waals surface area (Å²) in [4.78, 5) is 34.3. The maximum absolute atomic E-state index is 11.5. The summed E-state index contributed by atoms with van der Waals surface area (Å²) in [6, 6.07) is 0.910. The van der Waals surface area contributed by atoms with E-state index in [1.165, 1.54) is 24.9 Å². The molecule has 0 aliphatic rings. The molecule has 0 aromatic carbocycles. The van der Waals surface area contributed by atoms with E-state index in [9.17, 15) is 14.4 Å². The molecule has 1 rings (SSSR count). The first-order valence-corrected chi connectivity index (χ1v) is 7.40. The Labute approximate surface area is 123 Å². The van der Waals surface area contributed by atoms with Crippen LogP contribution in [-0.2, 0) is 9.53 Å². The standard InChI is InChI=1S/C11H14N2O5S2/c1-18-3-2-12-11(17)13-9(14)6-19-7-4-8(10(15)16)20-5-7/h4-5H,2-3,6H2,1H3,(H,15,16)(H2,12,13,14,17). The van der Waals surface area contributed by atoms with Crippen molar-refractivity contribution in [2.45, 2.75) is 4.90 Å². The van der Waals surface area contributed by atoms with Crippen molar-refractivity contribution in [3.63, 3.8) is 0 Å². The van der Waals surface area contributed by atoms with Crippen molar-refractivity contribution in [2.75, 3.05) is 26.0 Å². The minimum atomic E-state index is -0.996. The number of carboxylic acid groups (broad SMARTS) is 1. The highest BCUT2D eigenvalue weighted by Gasteiger charge is 2.10. The molecule has 20 heavy (non-hydrogen) atoms. The smallest absolute Gasteiger partial charge is 0.345 e. The lowest BCUT2D eigenvalue weighted by molar-refractivity contribution is -0.117. The highest BCUT2D eigenvalue weighted by Crippen LogP contribution is 2.24. The molecule has 0 saturated carbocycles. The fraction of sp³-hybridized carbons (Fsp3) is 0.364. The second kappa shape index (κ2) is 8.56. The van der Waals surface area contributed by atoms with Gasteiger partial charge in [0.05, 0.1) is 12.4 Å². The summed E-state index contributed by atoms with van der Waals surface area (Å²) in [5.41, 5.74) is 0. The molecule has 0 unspecified atom stereocenters. The number of carbonyl (C=O) groups excluding carboxylic acids is 2. The van der Waals surface area contributed by atoms with Gasteiger partial charge in [-0.2, -0.15) is 0 Å². The van der Waals surface area contributed by atoms with Crippen molar-refractivity contribution < 1.29 is 24.2 Å². The van der Waals surface area contributed by atoms with Gasteiger partial charge in [0.15, 0.2) is 0 Å². The first-order valence-electron chi connectivity index (χ1n) is 5.54. The van der Waals surface area contributed by atoms with Crippen LogP contribution < -0.4 is 10.6 Å². The van der Waals surface area contributed by atoms with Crippen molar-refractivity contribution in [1.29, 1.82) is 0 Å². The Morgan fingerprint density at radius 2 is 2.20 bits per heavy atom. The molecule has 0 atom stereocenters. The summed E-state index contributed by atoms with van der Waals surface area (Å²) in [6.07, 6.45) is 0. The van der Waals surface area contributed by atoms with Crippen LogP contribution >= 0.6 is 23.1 Å². The van der Waals surface area contributed by atoms with Gasteiger partial charge in [-0.05, 0) is 6.07 Å². The molecule has 1 aromatic heterocycles. The number of aromatic carboxylic acids is 1. The van der Waals surface area contributed by atoms with Gasteiger partial charge in [0.1, 0.15) is 4.88 Å². The van der Waals surface area contributed by atoms with Crippen molar-refractivity contribution >= 4 is 41.0 Å². The van der Waals surface area contributed by atoms with E-state index in [1.54, 1.807) is 5.38 Å². The molecule has 0 aliphatic heterocycles. The van der Waals surface area contributed by atoms with Crippen LogP contribution in [-0.4, -0.2) is 49.0 Å². The largest absolute Gasteiger partial charge is 0.477 e. The third-order valence-electron chi connectivity index (χ3n) is 2.00. The molecular weight excluding hydrogens is 304 g/mol. The molecule has 0 radical (unpaired) electrons. The highest BCUT2D eigenvalue weighted by molar-refractivity contribution is 8.00. The Kier molecular flexibility index (Phi) is 7.05. The monoisotopic (exact) mass is 318 g/mol. The van der Waals surface area contributed by atoms with Crippen molar-refractivity contribution in [3.05, 3.63) is 16.3 Å². The maximum atomic E-state index is 11.5. The number of hydrogen-bond acceptors (Lipinski definition) is 6. The third kappa shape index (κ3) is 6.04. The first kappa shape index (κ1) is 16.5. The number of urea groups is 1. The van der Waals surface area contributed by atoms with Gasteiger partial charge in [-0.25, -0.2) is 9.59 Å². The predicted molar refractivity (Wildman–Crippen MR) is 75.4 cm³/mol. The van der Waals surface area contributed by atoms with Crippen molar-refractivity contribution in [1.82, 2.24) is 10.6 Å². The molecule has 3 N–H and O–H groups in total. The number of amides is 3. The van der Waals surface area contributed by atoms with E-state index in [-0.39, 0.29) is 10.6 Å². The lowest BCUT2D eigenvalue weighted by atomic mass is 10.5. The van der Waals surface area contributed by atoms with Crippen LogP contribution in [0.25, 0.3) is 0 Å². The minimum absolute atomic E-state index is 0.0352. The van der Waals surface area contributed by atoms with Gasteiger partial charge >= 0.3 is 12.0 Å². The number of methoxy groups -OCH3 is 1. The number of ether oxygens (including phenoxy) is 1. The number of hydrogen-bond donors (Lipinski definition) is 3. The van der Waals surface area contributed by atoms with E-state index in [4.69, 9.17) is 9.84 Å². The molecule has 0 fully saturated rings. The highest BCUT2D eigenvalue weighted by atomic mass is 32.2. The Morgan fingerprint density at radius 3 is 2.80 bits per heavy atom. The number of carboxylic acids is 1. The van der Waals surface area contributed by atoms with Gasteiger partial charge in [0, 0.05) is 23.9 Å².